The fourth-order valence-electron chi connectivity index (χ4n) is 2.86. The lowest BCUT2D eigenvalue weighted by molar-refractivity contribution is 0.0953. The molecule has 0 atom stereocenters. The lowest BCUT2D eigenvalue weighted by Crippen LogP contribution is -2.25. The van der Waals surface area contributed by atoms with E-state index in [0.29, 0.717) is 12.1 Å². The first-order valence-electron chi connectivity index (χ1n) is 8.95. The van der Waals surface area contributed by atoms with Gasteiger partial charge in [-0.2, -0.15) is 0 Å². The summed E-state index contributed by atoms with van der Waals surface area (Å²) in [5.74, 6) is -0.0455. The number of allylic oxidation sites excluding steroid dienone is 1. The van der Waals surface area contributed by atoms with Gasteiger partial charge in [0, 0.05) is 25.5 Å². The van der Waals surface area contributed by atoms with E-state index in [2.05, 4.69) is 40.7 Å². The summed E-state index contributed by atoms with van der Waals surface area (Å²) in [5.41, 5.74) is 3.00. The Balaban J connectivity index is 1.75. The van der Waals surface area contributed by atoms with Crippen molar-refractivity contribution in [2.45, 2.75) is 38.5 Å². The van der Waals surface area contributed by atoms with E-state index >= 15 is 0 Å². The number of carbonyl (C=O) groups excluding carboxylic acids is 1. The van der Waals surface area contributed by atoms with Crippen molar-refractivity contribution < 1.29 is 4.79 Å². The molecule has 24 heavy (non-hydrogen) atoms. The Hall–Kier alpha value is -1.88. The van der Waals surface area contributed by atoms with Crippen LogP contribution in [-0.2, 0) is 0 Å². The van der Waals surface area contributed by atoms with Crippen LogP contribution in [0.5, 0.6) is 0 Å². The number of pyridine rings is 1. The van der Waals surface area contributed by atoms with Crippen LogP contribution in [0.25, 0.3) is 0 Å². The first kappa shape index (κ1) is 18.5. The Labute approximate surface area is 145 Å². The number of nitrogens with one attached hydrogen (secondary N) is 2. The van der Waals surface area contributed by atoms with Crippen molar-refractivity contribution in [2.24, 2.45) is 0 Å². The maximum Gasteiger partial charge on any atom is 0.252 e. The molecule has 1 aliphatic rings. The molecular formula is C19H30N4O. The van der Waals surface area contributed by atoms with Gasteiger partial charge in [0.2, 0.25) is 0 Å². The highest BCUT2D eigenvalue weighted by Crippen LogP contribution is 2.19. The van der Waals surface area contributed by atoms with Crippen LogP contribution in [0, 0.1) is 0 Å². The second-order valence-corrected chi connectivity index (χ2v) is 6.66. The summed E-state index contributed by atoms with van der Waals surface area (Å²) in [6.07, 6.45) is 12.7. The lowest BCUT2D eigenvalue weighted by atomic mass is 9.97. The van der Waals surface area contributed by atoms with E-state index in [1.165, 1.54) is 31.3 Å². The van der Waals surface area contributed by atoms with E-state index in [1.54, 1.807) is 12.4 Å². The van der Waals surface area contributed by atoms with Gasteiger partial charge >= 0.3 is 0 Å². The molecule has 0 spiro atoms. The Morgan fingerprint density at radius 1 is 1.25 bits per heavy atom. The second kappa shape index (κ2) is 10.1. The molecule has 2 N–H and O–H groups in total. The number of amides is 1. The van der Waals surface area contributed by atoms with Gasteiger partial charge in [0.1, 0.15) is 0 Å². The third-order valence-electron chi connectivity index (χ3n) is 4.23. The highest BCUT2D eigenvalue weighted by Gasteiger charge is 2.08. The molecule has 0 fully saturated rings. The molecule has 5 heteroatoms. The van der Waals surface area contributed by atoms with Crippen molar-refractivity contribution in [3.05, 3.63) is 35.7 Å². The summed E-state index contributed by atoms with van der Waals surface area (Å²) in [6, 6.07) is 1.87. The Bertz CT molecular complexity index is 554. The van der Waals surface area contributed by atoms with Crippen molar-refractivity contribution in [1.29, 1.82) is 0 Å². The van der Waals surface area contributed by atoms with E-state index in [1.807, 2.05) is 6.07 Å². The summed E-state index contributed by atoms with van der Waals surface area (Å²) in [6.45, 7) is 2.61. The van der Waals surface area contributed by atoms with E-state index in [0.717, 1.165) is 31.6 Å². The first-order valence-corrected chi connectivity index (χ1v) is 8.95. The molecule has 5 nitrogen and oxygen atoms in total. The number of hydrogen-bond donors (Lipinski definition) is 2. The van der Waals surface area contributed by atoms with E-state index in [9.17, 15) is 4.79 Å². The van der Waals surface area contributed by atoms with Gasteiger partial charge in [-0.25, -0.2) is 0 Å². The molecule has 0 aromatic carbocycles. The van der Waals surface area contributed by atoms with Crippen molar-refractivity contribution in [3.63, 3.8) is 0 Å². The molecular weight excluding hydrogens is 300 g/mol. The van der Waals surface area contributed by atoms with Crippen LogP contribution in [0.15, 0.2) is 30.1 Å². The number of aromatic nitrogens is 1. The van der Waals surface area contributed by atoms with E-state index in [-0.39, 0.29) is 5.91 Å². The van der Waals surface area contributed by atoms with Crippen LogP contribution >= 0.6 is 0 Å². The van der Waals surface area contributed by atoms with Crippen molar-refractivity contribution in [2.75, 3.05) is 39.0 Å². The number of carbonyl (C=O) groups is 1. The molecule has 0 aliphatic heterocycles. The van der Waals surface area contributed by atoms with Crippen LogP contribution in [-0.4, -0.2) is 49.5 Å². The molecule has 1 aromatic rings. The minimum absolute atomic E-state index is 0.0455. The predicted octanol–water partition coefficient (Wildman–Crippen LogP) is 3.07. The van der Waals surface area contributed by atoms with E-state index in [4.69, 9.17) is 0 Å². The monoisotopic (exact) mass is 330 g/mol. The van der Waals surface area contributed by atoms with Gasteiger partial charge < -0.3 is 15.5 Å². The van der Waals surface area contributed by atoms with Crippen molar-refractivity contribution in [3.8, 4) is 0 Å². The summed E-state index contributed by atoms with van der Waals surface area (Å²) < 4.78 is 0. The zero-order valence-electron chi connectivity index (χ0n) is 15.0. The molecule has 0 saturated heterocycles. The molecule has 1 heterocycles. The second-order valence-electron chi connectivity index (χ2n) is 6.66. The Morgan fingerprint density at radius 3 is 2.88 bits per heavy atom. The number of anilines is 1. The fraction of sp³-hybridized carbons (Fsp3) is 0.579. The third-order valence-corrected chi connectivity index (χ3v) is 4.23. The minimum atomic E-state index is -0.0455. The van der Waals surface area contributed by atoms with Crippen LogP contribution in [0.3, 0.4) is 0 Å². The number of nitrogens with zero attached hydrogens (tertiary/aromatic N) is 2. The molecule has 0 radical (unpaired) electrons. The Kier molecular flexibility index (Phi) is 7.75. The van der Waals surface area contributed by atoms with Gasteiger partial charge in [-0.05, 0) is 65.2 Å². The zero-order valence-corrected chi connectivity index (χ0v) is 15.0. The molecule has 1 aromatic heterocycles. The normalized spacial score (nSPS) is 14.4. The van der Waals surface area contributed by atoms with Crippen LogP contribution in [0.1, 0.15) is 48.9 Å². The lowest BCUT2D eigenvalue weighted by Gasteiger charge is -2.13. The topological polar surface area (TPSA) is 57.3 Å². The van der Waals surface area contributed by atoms with Gasteiger partial charge in [-0.3, -0.25) is 9.78 Å². The molecule has 1 aliphatic carbocycles. The van der Waals surface area contributed by atoms with Crippen LogP contribution in [0.2, 0.25) is 0 Å². The standard InChI is InChI=1S/C19H30N4O/c1-23(2)12-6-10-21-18-13-17(14-20-15-18)19(24)22-11-9-16-7-4-3-5-8-16/h7,13-15,21H,3-6,8-12H2,1-2H3,(H,22,24). The van der Waals surface area contributed by atoms with Gasteiger partial charge in [-0.15, -0.1) is 0 Å². The maximum atomic E-state index is 12.3. The average Bonchev–Trinajstić information content (AvgIpc) is 2.60. The summed E-state index contributed by atoms with van der Waals surface area (Å²) in [7, 11) is 4.13. The molecule has 2 rings (SSSR count). The van der Waals surface area contributed by atoms with Gasteiger partial charge in [0.15, 0.2) is 0 Å². The molecule has 0 bridgehead atoms. The summed E-state index contributed by atoms with van der Waals surface area (Å²) in [4.78, 5) is 18.6. The Morgan fingerprint density at radius 2 is 2.12 bits per heavy atom. The minimum Gasteiger partial charge on any atom is -0.384 e. The summed E-state index contributed by atoms with van der Waals surface area (Å²) in [5, 5.41) is 6.33. The highest BCUT2D eigenvalue weighted by atomic mass is 16.1. The largest absolute Gasteiger partial charge is 0.384 e. The average molecular weight is 330 g/mol. The van der Waals surface area contributed by atoms with Gasteiger partial charge in [-0.1, -0.05) is 11.6 Å². The quantitative estimate of drug-likeness (QED) is 0.540. The smallest absolute Gasteiger partial charge is 0.252 e. The van der Waals surface area contributed by atoms with Crippen molar-refractivity contribution >= 4 is 11.6 Å². The van der Waals surface area contributed by atoms with E-state index < -0.39 is 0 Å². The molecule has 132 valence electrons. The maximum absolute atomic E-state index is 12.3. The molecule has 1 amide bonds. The molecule has 0 saturated carbocycles. The fourth-order valence-corrected chi connectivity index (χ4v) is 2.86. The first-order chi connectivity index (χ1) is 11.6. The highest BCUT2D eigenvalue weighted by molar-refractivity contribution is 5.94. The van der Waals surface area contributed by atoms with Crippen LogP contribution < -0.4 is 10.6 Å². The number of hydrogen-bond acceptors (Lipinski definition) is 4. The number of rotatable bonds is 9. The van der Waals surface area contributed by atoms with Crippen LogP contribution in [0.4, 0.5) is 5.69 Å². The van der Waals surface area contributed by atoms with Gasteiger partial charge in [0.05, 0.1) is 11.3 Å². The van der Waals surface area contributed by atoms with Gasteiger partial charge in [0.25, 0.3) is 5.91 Å². The predicted molar refractivity (Wildman–Crippen MR) is 99.4 cm³/mol. The summed E-state index contributed by atoms with van der Waals surface area (Å²) >= 11 is 0. The van der Waals surface area contributed by atoms with Crippen molar-refractivity contribution in [1.82, 2.24) is 15.2 Å². The third kappa shape index (κ3) is 6.71. The SMILES string of the molecule is CN(C)CCCNc1cncc(C(=O)NCCC2=CCCCC2)c1. The molecule has 0 unspecified atom stereocenters. The zero-order chi connectivity index (χ0) is 17.2.